The molecule has 6 nitrogen and oxygen atoms in total. The topological polar surface area (TPSA) is 93.8 Å². The molecule has 1 unspecified atom stereocenters. The summed E-state index contributed by atoms with van der Waals surface area (Å²) >= 11 is 0. The van der Waals surface area contributed by atoms with Crippen LogP contribution in [0.2, 0.25) is 0 Å². The van der Waals surface area contributed by atoms with Crippen LogP contribution in [0, 0.1) is 0 Å². The largest absolute Gasteiger partial charge is 0.497 e. The van der Waals surface area contributed by atoms with Crippen LogP contribution < -0.4 is 20.5 Å². The Morgan fingerprint density at radius 1 is 1.40 bits per heavy atom. The first-order valence-electron chi connectivity index (χ1n) is 6.36. The van der Waals surface area contributed by atoms with Crippen LogP contribution in [0.15, 0.2) is 12.1 Å². The van der Waals surface area contributed by atoms with Gasteiger partial charge in [0.15, 0.2) is 0 Å². The molecule has 4 N–H and O–H groups in total. The minimum absolute atomic E-state index is 0.140. The molecule has 0 spiro atoms. The average Bonchev–Trinajstić information content (AvgIpc) is 2.45. The standard InChI is InChI=1S/C14H22N2O4/c1-5-14(2,18)8-16-13(17)10-6-9(19-3)7-11(20-4)12(10)15/h6-7,18H,5,8,15H2,1-4H3,(H,16,17). The van der Waals surface area contributed by atoms with Crippen LogP contribution in [0.3, 0.4) is 0 Å². The highest BCUT2D eigenvalue weighted by molar-refractivity contribution is 6.01. The SMILES string of the molecule is CCC(C)(O)CNC(=O)c1cc(OC)cc(OC)c1N. The van der Waals surface area contributed by atoms with Crippen LogP contribution in [0.25, 0.3) is 0 Å². The van der Waals surface area contributed by atoms with E-state index < -0.39 is 5.60 Å². The zero-order valence-electron chi connectivity index (χ0n) is 12.3. The first-order chi connectivity index (χ1) is 9.34. The second-order valence-electron chi connectivity index (χ2n) is 4.82. The minimum atomic E-state index is -0.951. The lowest BCUT2D eigenvalue weighted by Crippen LogP contribution is -2.40. The van der Waals surface area contributed by atoms with E-state index in [2.05, 4.69) is 5.32 Å². The van der Waals surface area contributed by atoms with Gasteiger partial charge in [-0.25, -0.2) is 0 Å². The number of benzene rings is 1. The van der Waals surface area contributed by atoms with E-state index in [4.69, 9.17) is 15.2 Å². The number of hydrogen-bond acceptors (Lipinski definition) is 5. The first kappa shape index (κ1) is 16.1. The van der Waals surface area contributed by atoms with Crippen molar-refractivity contribution in [2.75, 3.05) is 26.5 Å². The summed E-state index contributed by atoms with van der Waals surface area (Å²) < 4.78 is 10.2. The number of ether oxygens (including phenoxy) is 2. The number of carbonyl (C=O) groups is 1. The first-order valence-corrected chi connectivity index (χ1v) is 6.36. The van der Waals surface area contributed by atoms with E-state index in [1.54, 1.807) is 13.0 Å². The smallest absolute Gasteiger partial charge is 0.253 e. The van der Waals surface area contributed by atoms with E-state index in [0.29, 0.717) is 17.9 Å². The van der Waals surface area contributed by atoms with Crippen molar-refractivity contribution in [3.63, 3.8) is 0 Å². The summed E-state index contributed by atoms with van der Waals surface area (Å²) in [7, 11) is 2.96. The third-order valence-electron chi connectivity index (χ3n) is 3.21. The minimum Gasteiger partial charge on any atom is -0.497 e. The van der Waals surface area contributed by atoms with Crippen molar-refractivity contribution >= 4 is 11.6 Å². The summed E-state index contributed by atoms with van der Waals surface area (Å²) in [5.74, 6) is 0.466. The summed E-state index contributed by atoms with van der Waals surface area (Å²) in [5.41, 5.74) is 5.43. The van der Waals surface area contributed by atoms with Crippen molar-refractivity contribution < 1.29 is 19.4 Å². The molecule has 112 valence electrons. The summed E-state index contributed by atoms with van der Waals surface area (Å²) in [4.78, 5) is 12.2. The zero-order valence-corrected chi connectivity index (χ0v) is 12.3. The molecule has 6 heteroatoms. The van der Waals surface area contributed by atoms with Gasteiger partial charge < -0.3 is 25.6 Å². The molecule has 0 saturated heterocycles. The van der Waals surface area contributed by atoms with Crippen LogP contribution in [-0.2, 0) is 0 Å². The number of nitrogens with two attached hydrogens (primary N) is 1. The van der Waals surface area contributed by atoms with Crippen molar-refractivity contribution in [3.8, 4) is 11.5 Å². The summed E-state index contributed by atoms with van der Waals surface area (Å²) in [5, 5.41) is 12.5. The fourth-order valence-corrected chi connectivity index (χ4v) is 1.57. The van der Waals surface area contributed by atoms with Gasteiger partial charge in [-0.05, 0) is 19.4 Å². The van der Waals surface area contributed by atoms with Gasteiger partial charge in [0.1, 0.15) is 11.5 Å². The lowest BCUT2D eigenvalue weighted by Gasteiger charge is -2.22. The predicted molar refractivity (Wildman–Crippen MR) is 77.2 cm³/mol. The maximum Gasteiger partial charge on any atom is 0.253 e. The second-order valence-corrected chi connectivity index (χ2v) is 4.82. The van der Waals surface area contributed by atoms with Crippen molar-refractivity contribution in [1.82, 2.24) is 5.32 Å². The molecule has 0 radical (unpaired) electrons. The average molecular weight is 282 g/mol. The van der Waals surface area contributed by atoms with Gasteiger partial charge in [-0.1, -0.05) is 6.92 Å². The molecule has 0 aliphatic carbocycles. The zero-order chi connectivity index (χ0) is 15.3. The number of rotatable bonds is 6. The Morgan fingerprint density at radius 3 is 2.55 bits per heavy atom. The molecule has 0 bridgehead atoms. The summed E-state index contributed by atoms with van der Waals surface area (Å²) in [6.45, 7) is 3.64. The number of amides is 1. The van der Waals surface area contributed by atoms with Crippen LogP contribution in [-0.4, -0.2) is 37.4 Å². The Balaban J connectivity index is 2.97. The van der Waals surface area contributed by atoms with Gasteiger partial charge in [-0.15, -0.1) is 0 Å². The lowest BCUT2D eigenvalue weighted by molar-refractivity contribution is 0.0518. The molecular formula is C14H22N2O4. The van der Waals surface area contributed by atoms with Crippen molar-refractivity contribution in [2.45, 2.75) is 25.9 Å². The Hall–Kier alpha value is -1.95. The lowest BCUT2D eigenvalue weighted by atomic mass is 10.0. The van der Waals surface area contributed by atoms with Gasteiger partial charge in [0, 0.05) is 12.6 Å². The number of aliphatic hydroxyl groups is 1. The number of carbonyl (C=O) groups excluding carboxylic acids is 1. The molecule has 1 aromatic carbocycles. The maximum atomic E-state index is 12.2. The number of nitrogens with one attached hydrogen (secondary N) is 1. The van der Waals surface area contributed by atoms with E-state index in [1.807, 2.05) is 6.92 Å². The summed E-state index contributed by atoms with van der Waals surface area (Å²) in [6, 6.07) is 3.14. The van der Waals surface area contributed by atoms with Crippen LogP contribution >= 0.6 is 0 Å². The maximum absolute atomic E-state index is 12.2. The second kappa shape index (κ2) is 6.47. The Labute approximate surface area is 118 Å². The Bertz CT molecular complexity index is 486. The normalized spacial score (nSPS) is 13.4. The molecule has 20 heavy (non-hydrogen) atoms. The molecule has 0 fully saturated rings. The van der Waals surface area contributed by atoms with Gasteiger partial charge in [0.25, 0.3) is 5.91 Å². The number of nitrogen functional groups attached to an aromatic ring is 1. The van der Waals surface area contributed by atoms with Crippen molar-refractivity contribution in [1.29, 1.82) is 0 Å². The van der Waals surface area contributed by atoms with E-state index >= 15 is 0 Å². The molecule has 0 aromatic heterocycles. The van der Waals surface area contributed by atoms with Crippen molar-refractivity contribution in [3.05, 3.63) is 17.7 Å². The highest BCUT2D eigenvalue weighted by atomic mass is 16.5. The molecule has 0 aliphatic heterocycles. The number of anilines is 1. The van der Waals surface area contributed by atoms with Crippen LogP contribution in [0.4, 0.5) is 5.69 Å². The van der Waals surface area contributed by atoms with Gasteiger partial charge >= 0.3 is 0 Å². The third kappa shape index (κ3) is 3.77. The molecule has 0 aliphatic rings. The quantitative estimate of drug-likeness (QED) is 0.681. The van der Waals surface area contributed by atoms with Gasteiger partial charge in [0.05, 0.1) is 31.1 Å². The van der Waals surface area contributed by atoms with E-state index in [0.717, 1.165) is 0 Å². The van der Waals surface area contributed by atoms with E-state index in [1.165, 1.54) is 20.3 Å². The number of methoxy groups -OCH3 is 2. The van der Waals surface area contributed by atoms with E-state index in [9.17, 15) is 9.90 Å². The third-order valence-corrected chi connectivity index (χ3v) is 3.21. The molecule has 1 amide bonds. The fourth-order valence-electron chi connectivity index (χ4n) is 1.57. The van der Waals surface area contributed by atoms with E-state index in [-0.39, 0.29) is 23.7 Å². The van der Waals surface area contributed by atoms with Gasteiger partial charge in [-0.3, -0.25) is 4.79 Å². The molecule has 1 atom stereocenters. The van der Waals surface area contributed by atoms with Crippen LogP contribution in [0.1, 0.15) is 30.6 Å². The highest BCUT2D eigenvalue weighted by Crippen LogP contribution is 2.31. The fraction of sp³-hybridized carbons (Fsp3) is 0.500. The molecule has 1 rings (SSSR count). The predicted octanol–water partition coefficient (Wildman–Crippen LogP) is 1.18. The monoisotopic (exact) mass is 282 g/mol. The van der Waals surface area contributed by atoms with Crippen LogP contribution in [0.5, 0.6) is 11.5 Å². The molecular weight excluding hydrogens is 260 g/mol. The molecule has 0 heterocycles. The Morgan fingerprint density at radius 2 is 2.05 bits per heavy atom. The molecule has 0 saturated carbocycles. The molecule has 1 aromatic rings. The number of hydrogen-bond donors (Lipinski definition) is 3. The highest BCUT2D eigenvalue weighted by Gasteiger charge is 2.21. The van der Waals surface area contributed by atoms with Gasteiger partial charge in [-0.2, -0.15) is 0 Å². The summed E-state index contributed by atoms with van der Waals surface area (Å²) in [6.07, 6.45) is 0.532. The van der Waals surface area contributed by atoms with Crippen molar-refractivity contribution in [2.24, 2.45) is 0 Å². The van der Waals surface area contributed by atoms with Gasteiger partial charge in [0.2, 0.25) is 0 Å². The Kier molecular flexibility index (Phi) is 5.21.